The van der Waals surface area contributed by atoms with Gasteiger partial charge in [0.2, 0.25) is 0 Å². The van der Waals surface area contributed by atoms with E-state index in [0.29, 0.717) is 6.04 Å². The molecule has 6 heteroatoms. The molecule has 1 saturated heterocycles. The highest BCUT2D eigenvalue weighted by molar-refractivity contribution is 6.30. The lowest BCUT2D eigenvalue weighted by molar-refractivity contribution is 0.109. The van der Waals surface area contributed by atoms with Crippen LogP contribution in [0.25, 0.3) is 0 Å². The Morgan fingerprint density at radius 1 is 1.19 bits per heavy atom. The molecule has 1 aliphatic heterocycles. The van der Waals surface area contributed by atoms with E-state index in [1.807, 2.05) is 12.1 Å². The minimum absolute atomic E-state index is 0.464. The van der Waals surface area contributed by atoms with Gasteiger partial charge in [0.05, 0.1) is 6.54 Å². The molecule has 1 N–H and O–H groups in total. The van der Waals surface area contributed by atoms with Crippen LogP contribution in [-0.2, 0) is 6.54 Å². The molecule has 1 atom stereocenters. The van der Waals surface area contributed by atoms with Gasteiger partial charge in [0, 0.05) is 57.4 Å². The van der Waals surface area contributed by atoms with E-state index in [1.54, 1.807) is 0 Å². The van der Waals surface area contributed by atoms with Crippen LogP contribution in [0.5, 0.6) is 0 Å². The zero-order valence-corrected chi connectivity index (χ0v) is 17.5. The summed E-state index contributed by atoms with van der Waals surface area (Å²) in [5.41, 5.74) is 1.23. The van der Waals surface area contributed by atoms with E-state index in [4.69, 9.17) is 16.6 Å². The molecule has 0 bridgehead atoms. The lowest BCUT2D eigenvalue weighted by Crippen LogP contribution is -2.50. The van der Waals surface area contributed by atoms with Gasteiger partial charge in [-0.05, 0) is 38.1 Å². The summed E-state index contributed by atoms with van der Waals surface area (Å²) >= 11 is 5.98. The molecule has 2 rings (SSSR count). The van der Waals surface area contributed by atoms with Gasteiger partial charge in [-0.15, -0.1) is 0 Å². The first kappa shape index (κ1) is 21.0. The molecule has 0 radical (unpaired) electrons. The van der Waals surface area contributed by atoms with Gasteiger partial charge in [0.25, 0.3) is 0 Å². The van der Waals surface area contributed by atoms with Crippen molar-refractivity contribution in [2.45, 2.75) is 33.4 Å². The highest BCUT2D eigenvalue weighted by atomic mass is 35.5. The number of halogens is 1. The Bertz CT molecular complexity index is 552. The van der Waals surface area contributed by atoms with Crippen molar-refractivity contribution < 1.29 is 0 Å². The smallest absolute Gasteiger partial charge is 0.194 e. The summed E-state index contributed by atoms with van der Waals surface area (Å²) in [6.07, 6.45) is 0. The number of benzene rings is 1. The summed E-state index contributed by atoms with van der Waals surface area (Å²) in [4.78, 5) is 12.1. The number of nitrogens with one attached hydrogen (secondary N) is 1. The molecule has 1 aromatic rings. The third-order valence-corrected chi connectivity index (χ3v) is 5.26. The Kier molecular flexibility index (Phi) is 8.69. The van der Waals surface area contributed by atoms with Crippen LogP contribution in [0.4, 0.5) is 0 Å². The molecule has 1 fully saturated rings. The van der Waals surface area contributed by atoms with Crippen LogP contribution in [0, 0.1) is 0 Å². The second-order valence-corrected chi connectivity index (χ2v) is 7.43. The van der Waals surface area contributed by atoms with Crippen molar-refractivity contribution in [2.24, 2.45) is 4.99 Å². The summed E-state index contributed by atoms with van der Waals surface area (Å²) in [7, 11) is 2.08. The van der Waals surface area contributed by atoms with Crippen LogP contribution in [0.15, 0.2) is 29.3 Å². The molecule has 1 unspecified atom stereocenters. The van der Waals surface area contributed by atoms with Crippen molar-refractivity contribution in [2.75, 3.05) is 52.9 Å². The Labute approximate surface area is 164 Å². The highest BCUT2D eigenvalue weighted by Gasteiger charge is 2.20. The highest BCUT2D eigenvalue weighted by Crippen LogP contribution is 2.11. The first-order chi connectivity index (χ1) is 12.5. The van der Waals surface area contributed by atoms with Crippen molar-refractivity contribution in [1.82, 2.24) is 20.0 Å². The number of nitrogens with zero attached hydrogens (tertiary/aromatic N) is 4. The third-order valence-electron chi connectivity index (χ3n) is 5.01. The van der Waals surface area contributed by atoms with Crippen LogP contribution in [0.3, 0.4) is 0 Å². The lowest BCUT2D eigenvalue weighted by atomic mass is 10.2. The summed E-state index contributed by atoms with van der Waals surface area (Å²) in [6, 6.07) is 8.47. The number of hydrogen-bond acceptors (Lipinski definition) is 3. The fourth-order valence-electron chi connectivity index (χ4n) is 3.26. The summed E-state index contributed by atoms with van der Waals surface area (Å²) < 4.78 is 0. The van der Waals surface area contributed by atoms with E-state index in [9.17, 15) is 0 Å². The van der Waals surface area contributed by atoms with Gasteiger partial charge in [-0.3, -0.25) is 9.89 Å². The predicted molar refractivity (Wildman–Crippen MR) is 112 cm³/mol. The maximum Gasteiger partial charge on any atom is 0.194 e. The lowest BCUT2D eigenvalue weighted by Gasteiger charge is -2.37. The van der Waals surface area contributed by atoms with Gasteiger partial charge < -0.3 is 15.1 Å². The average Bonchev–Trinajstić information content (AvgIpc) is 2.66. The van der Waals surface area contributed by atoms with Crippen LogP contribution >= 0.6 is 11.6 Å². The molecule has 1 aliphatic rings. The number of likely N-dealkylation sites (N-methyl/N-ethyl adjacent to an activating group) is 1. The zero-order chi connectivity index (χ0) is 18.9. The van der Waals surface area contributed by atoms with E-state index < -0.39 is 0 Å². The van der Waals surface area contributed by atoms with E-state index >= 15 is 0 Å². The van der Waals surface area contributed by atoms with Crippen molar-refractivity contribution in [1.29, 1.82) is 0 Å². The quantitative estimate of drug-likeness (QED) is 0.583. The molecule has 0 aromatic heterocycles. The van der Waals surface area contributed by atoms with Gasteiger partial charge in [0.1, 0.15) is 0 Å². The number of aliphatic imine (C=N–C) groups is 1. The minimum Gasteiger partial charge on any atom is -0.357 e. The van der Waals surface area contributed by atoms with Crippen molar-refractivity contribution in [3.8, 4) is 0 Å². The van der Waals surface area contributed by atoms with E-state index in [1.165, 1.54) is 18.7 Å². The van der Waals surface area contributed by atoms with Gasteiger partial charge in [0.15, 0.2) is 5.96 Å². The molecule has 5 nitrogen and oxygen atoms in total. The Hall–Kier alpha value is -1.30. The topological polar surface area (TPSA) is 34.1 Å². The molecule has 0 amide bonds. The third kappa shape index (κ3) is 6.45. The molecule has 26 heavy (non-hydrogen) atoms. The molecule has 146 valence electrons. The first-order valence-corrected chi connectivity index (χ1v) is 10.1. The molecule has 0 saturated carbocycles. The van der Waals surface area contributed by atoms with Gasteiger partial charge in [-0.2, -0.15) is 0 Å². The Morgan fingerprint density at radius 3 is 2.42 bits per heavy atom. The molecular formula is C20H34ClN5. The van der Waals surface area contributed by atoms with Crippen LogP contribution in [0.2, 0.25) is 5.02 Å². The van der Waals surface area contributed by atoms with Gasteiger partial charge >= 0.3 is 0 Å². The van der Waals surface area contributed by atoms with Crippen LogP contribution in [0.1, 0.15) is 26.3 Å². The fraction of sp³-hybridized carbons (Fsp3) is 0.650. The van der Waals surface area contributed by atoms with E-state index in [0.717, 1.165) is 50.3 Å². The first-order valence-electron chi connectivity index (χ1n) is 9.73. The standard InChI is InChI=1S/C20H34ClN5/c1-5-22-20(24(4)16-18-7-9-19(21)10-8-18)23-15-17(3)26-13-11-25(6-2)12-14-26/h7-10,17H,5-6,11-16H2,1-4H3,(H,22,23). The second-order valence-electron chi connectivity index (χ2n) is 7.00. The fourth-order valence-corrected chi connectivity index (χ4v) is 3.39. The molecule has 0 aliphatic carbocycles. The van der Waals surface area contributed by atoms with Crippen molar-refractivity contribution in [3.63, 3.8) is 0 Å². The summed E-state index contributed by atoms with van der Waals surface area (Å²) in [5, 5.41) is 4.18. The molecule has 1 aromatic carbocycles. The minimum atomic E-state index is 0.464. The average molecular weight is 380 g/mol. The van der Waals surface area contributed by atoms with E-state index in [-0.39, 0.29) is 0 Å². The van der Waals surface area contributed by atoms with Gasteiger partial charge in [-0.1, -0.05) is 30.7 Å². The number of rotatable bonds is 7. The summed E-state index contributed by atoms with van der Waals surface area (Å²) in [5.74, 6) is 0.960. The second kappa shape index (κ2) is 10.8. The predicted octanol–water partition coefficient (Wildman–Crippen LogP) is 2.76. The molecule has 0 spiro atoms. The van der Waals surface area contributed by atoms with Crippen LogP contribution < -0.4 is 5.32 Å². The van der Waals surface area contributed by atoms with Gasteiger partial charge in [-0.25, -0.2) is 0 Å². The molecule has 1 heterocycles. The SMILES string of the molecule is CCNC(=NCC(C)N1CCN(CC)CC1)N(C)Cc1ccc(Cl)cc1. The number of guanidine groups is 1. The van der Waals surface area contributed by atoms with Crippen molar-refractivity contribution in [3.05, 3.63) is 34.9 Å². The number of hydrogen-bond donors (Lipinski definition) is 1. The molecular weight excluding hydrogens is 346 g/mol. The zero-order valence-electron chi connectivity index (χ0n) is 16.7. The maximum absolute atomic E-state index is 5.98. The Morgan fingerprint density at radius 2 is 1.85 bits per heavy atom. The van der Waals surface area contributed by atoms with Crippen LogP contribution in [-0.4, -0.2) is 79.6 Å². The monoisotopic (exact) mass is 379 g/mol. The number of piperazine rings is 1. The largest absolute Gasteiger partial charge is 0.357 e. The normalized spacial score (nSPS) is 18.0. The van der Waals surface area contributed by atoms with Crippen molar-refractivity contribution >= 4 is 17.6 Å². The Balaban J connectivity index is 1.91. The summed E-state index contributed by atoms with van der Waals surface area (Å²) in [6.45, 7) is 14.9. The maximum atomic E-state index is 5.98. The van der Waals surface area contributed by atoms with E-state index in [2.05, 4.69) is 60.0 Å².